The van der Waals surface area contributed by atoms with Gasteiger partial charge >= 0.3 is 0 Å². The lowest BCUT2D eigenvalue weighted by atomic mass is 9.96. The molecule has 1 aliphatic rings. The summed E-state index contributed by atoms with van der Waals surface area (Å²) in [6.45, 7) is 2.81. The maximum absolute atomic E-state index is 14.0. The van der Waals surface area contributed by atoms with Crippen molar-refractivity contribution in [3.05, 3.63) is 23.0 Å². The summed E-state index contributed by atoms with van der Waals surface area (Å²) in [5, 5.41) is 13.2. The van der Waals surface area contributed by atoms with Crippen LogP contribution >= 0.6 is 0 Å². The van der Waals surface area contributed by atoms with E-state index in [-0.39, 0.29) is 11.5 Å². The monoisotopic (exact) mass is 253 g/mol. The molecule has 1 aromatic rings. The van der Waals surface area contributed by atoms with Crippen molar-refractivity contribution in [1.82, 2.24) is 5.32 Å². The minimum Gasteiger partial charge on any atom is -0.502 e. The Hall–Kier alpha value is -1.29. The van der Waals surface area contributed by atoms with Gasteiger partial charge in [-0.15, -0.1) is 0 Å². The molecular weight excluding hydrogens is 233 g/mol. The fourth-order valence-corrected chi connectivity index (χ4v) is 2.60. The molecule has 100 valence electrons. The van der Waals surface area contributed by atoms with Gasteiger partial charge < -0.3 is 15.2 Å². The van der Waals surface area contributed by atoms with Crippen LogP contribution in [0.2, 0.25) is 0 Å². The largest absolute Gasteiger partial charge is 0.502 e. The number of benzene rings is 1. The predicted molar refractivity (Wildman–Crippen MR) is 68.7 cm³/mol. The number of aromatic hydroxyl groups is 1. The molecule has 1 heterocycles. The van der Waals surface area contributed by atoms with Gasteiger partial charge in [0, 0.05) is 6.04 Å². The zero-order valence-corrected chi connectivity index (χ0v) is 10.9. The van der Waals surface area contributed by atoms with Gasteiger partial charge in [-0.3, -0.25) is 0 Å². The van der Waals surface area contributed by atoms with Gasteiger partial charge in [0.25, 0.3) is 0 Å². The highest BCUT2D eigenvalue weighted by atomic mass is 19.1. The smallest absolute Gasteiger partial charge is 0.194 e. The molecule has 0 spiro atoms. The number of phenolic OH excluding ortho intramolecular Hbond substituents is 1. The van der Waals surface area contributed by atoms with E-state index in [1.807, 2.05) is 6.92 Å². The third-order valence-corrected chi connectivity index (χ3v) is 3.54. The molecule has 0 aromatic heterocycles. The van der Waals surface area contributed by atoms with Crippen LogP contribution in [0.15, 0.2) is 6.07 Å². The van der Waals surface area contributed by atoms with E-state index in [4.69, 9.17) is 4.74 Å². The SMILES string of the molecule is COc1c(C)cc(CC2CCCCN2)c(F)c1O. The topological polar surface area (TPSA) is 41.5 Å². The van der Waals surface area contributed by atoms with Crippen molar-refractivity contribution in [2.45, 2.75) is 38.6 Å². The van der Waals surface area contributed by atoms with Crippen LogP contribution in [0.3, 0.4) is 0 Å². The molecule has 0 amide bonds. The van der Waals surface area contributed by atoms with E-state index in [1.165, 1.54) is 20.0 Å². The standard InChI is InChI=1S/C14H20FNO2/c1-9-7-10(8-11-5-3-4-6-16-11)12(15)13(17)14(9)18-2/h7,11,16-17H,3-6,8H2,1-2H3. The summed E-state index contributed by atoms with van der Waals surface area (Å²) in [5.41, 5.74) is 1.33. The molecule has 1 unspecified atom stereocenters. The van der Waals surface area contributed by atoms with Gasteiger partial charge in [-0.2, -0.15) is 0 Å². The van der Waals surface area contributed by atoms with E-state index in [9.17, 15) is 9.50 Å². The van der Waals surface area contributed by atoms with E-state index in [0.717, 1.165) is 18.5 Å². The first kappa shape index (κ1) is 13.1. The van der Waals surface area contributed by atoms with Gasteiger partial charge in [-0.05, 0) is 49.9 Å². The number of hydrogen-bond acceptors (Lipinski definition) is 3. The van der Waals surface area contributed by atoms with Gasteiger partial charge in [0.05, 0.1) is 7.11 Å². The van der Waals surface area contributed by atoms with Gasteiger partial charge in [0.1, 0.15) is 0 Å². The Morgan fingerprint density at radius 3 is 2.89 bits per heavy atom. The molecule has 1 saturated heterocycles. The second kappa shape index (κ2) is 5.57. The summed E-state index contributed by atoms with van der Waals surface area (Å²) in [5.74, 6) is -0.694. The first-order valence-corrected chi connectivity index (χ1v) is 6.41. The lowest BCUT2D eigenvalue weighted by molar-refractivity contribution is 0.349. The highest BCUT2D eigenvalue weighted by Crippen LogP contribution is 2.35. The number of aryl methyl sites for hydroxylation is 1. The van der Waals surface area contributed by atoms with Crippen LogP contribution in [0.5, 0.6) is 11.5 Å². The van der Waals surface area contributed by atoms with Crippen molar-refractivity contribution in [2.24, 2.45) is 0 Å². The Labute approximate surface area is 107 Å². The molecule has 0 aliphatic carbocycles. The number of rotatable bonds is 3. The lowest BCUT2D eigenvalue weighted by Gasteiger charge is -2.24. The minimum atomic E-state index is -0.551. The normalized spacial score (nSPS) is 19.8. The predicted octanol–water partition coefficient (Wildman–Crippen LogP) is 2.53. The summed E-state index contributed by atoms with van der Waals surface area (Å²) in [4.78, 5) is 0. The van der Waals surface area contributed by atoms with E-state index in [1.54, 1.807) is 6.07 Å². The number of hydrogen-bond donors (Lipinski definition) is 2. The molecule has 1 atom stereocenters. The van der Waals surface area contributed by atoms with E-state index in [2.05, 4.69) is 5.32 Å². The van der Waals surface area contributed by atoms with Gasteiger partial charge in [0.15, 0.2) is 17.3 Å². The number of phenols is 1. The molecule has 4 heteroatoms. The van der Waals surface area contributed by atoms with E-state index >= 15 is 0 Å². The van der Waals surface area contributed by atoms with Crippen molar-refractivity contribution in [2.75, 3.05) is 13.7 Å². The Kier molecular flexibility index (Phi) is 4.07. The van der Waals surface area contributed by atoms with Gasteiger partial charge in [0.2, 0.25) is 0 Å². The molecule has 18 heavy (non-hydrogen) atoms. The minimum absolute atomic E-state index is 0.229. The zero-order chi connectivity index (χ0) is 13.1. The summed E-state index contributed by atoms with van der Waals surface area (Å²) in [7, 11) is 1.43. The Balaban J connectivity index is 2.22. The second-order valence-corrected chi connectivity index (χ2v) is 4.90. The van der Waals surface area contributed by atoms with Crippen LogP contribution in [-0.4, -0.2) is 24.8 Å². The van der Waals surface area contributed by atoms with Gasteiger partial charge in [-0.25, -0.2) is 4.39 Å². The third-order valence-electron chi connectivity index (χ3n) is 3.54. The molecule has 0 bridgehead atoms. The molecule has 1 aliphatic heterocycles. The fourth-order valence-electron chi connectivity index (χ4n) is 2.60. The molecule has 3 nitrogen and oxygen atoms in total. The first-order chi connectivity index (χ1) is 8.63. The number of piperidine rings is 1. The van der Waals surface area contributed by atoms with Crippen LogP contribution in [0.25, 0.3) is 0 Å². The molecule has 1 aromatic carbocycles. The Morgan fingerprint density at radius 1 is 1.50 bits per heavy atom. The van der Waals surface area contributed by atoms with Crippen molar-refractivity contribution in [1.29, 1.82) is 0 Å². The maximum atomic E-state index is 14.0. The van der Waals surface area contributed by atoms with Gasteiger partial charge in [-0.1, -0.05) is 6.42 Å². The van der Waals surface area contributed by atoms with Crippen molar-refractivity contribution in [3.8, 4) is 11.5 Å². The number of nitrogens with one attached hydrogen (secondary N) is 1. The molecule has 0 saturated carbocycles. The third kappa shape index (κ3) is 2.58. The second-order valence-electron chi connectivity index (χ2n) is 4.90. The Bertz CT molecular complexity index is 428. The first-order valence-electron chi connectivity index (χ1n) is 6.41. The summed E-state index contributed by atoms with van der Waals surface area (Å²) < 4.78 is 19.0. The Morgan fingerprint density at radius 2 is 2.28 bits per heavy atom. The summed E-state index contributed by atoms with van der Waals surface area (Å²) >= 11 is 0. The average Bonchev–Trinajstić information content (AvgIpc) is 2.37. The van der Waals surface area contributed by atoms with Crippen molar-refractivity contribution in [3.63, 3.8) is 0 Å². The average molecular weight is 253 g/mol. The van der Waals surface area contributed by atoms with Crippen molar-refractivity contribution >= 4 is 0 Å². The van der Waals surface area contributed by atoms with Crippen LogP contribution in [0, 0.1) is 12.7 Å². The number of ether oxygens (including phenoxy) is 1. The molecule has 2 rings (SSSR count). The number of methoxy groups -OCH3 is 1. The maximum Gasteiger partial charge on any atom is 0.194 e. The van der Waals surface area contributed by atoms with Crippen LogP contribution in [-0.2, 0) is 6.42 Å². The molecule has 2 N–H and O–H groups in total. The molecule has 1 fully saturated rings. The van der Waals surface area contributed by atoms with E-state index < -0.39 is 5.82 Å². The highest BCUT2D eigenvalue weighted by Gasteiger charge is 2.20. The number of halogens is 1. The summed E-state index contributed by atoms with van der Waals surface area (Å²) in [6.07, 6.45) is 4.04. The van der Waals surface area contributed by atoms with Crippen LogP contribution < -0.4 is 10.1 Å². The van der Waals surface area contributed by atoms with Crippen LogP contribution in [0.4, 0.5) is 4.39 Å². The molecule has 0 radical (unpaired) electrons. The molecular formula is C14H20FNO2. The van der Waals surface area contributed by atoms with Crippen molar-refractivity contribution < 1.29 is 14.2 Å². The lowest BCUT2D eigenvalue weighted by Crippen LogP contribution is -2.35. The van der Waals surface area contributed by atoms with Crippen LogP contribution in [0.1, 0.15) is 30.4 Å². The quantitative estimate of drug-likeness (QED) is 0.869. The summed E-state index contributed by atoms with van der Waals surface area (Å²) in [6, 6.07) is 2.07. The zero-order valence-electron chi connectivity index (χ0n) is 10.9. The highest BCUT2D eigenvalue weighted by molar-refractivity contribution is 5.49. The van der Waals surface area contributed by atoms with E-state index in [0.29, 0.717) is 18.0 Å². The fraction of sp³-hybridized carbons (Fsp3) is 0.571.